The zero-order valence-electron chi connectivity index (χ0n) is 31.0. The molecule has 0 unspecified atom stereocenters. The molecule has 4 aliphatic rings. The Morgan fingerprint density at radius 2 is 1.16 bits per heavy atom. The van der Waals surface area contributed by atoms with E-state index in [1.165, 1.54) is 83.7 Å². The van der Waals surface area contributed by atoms with Gasteiger partial charge in [-0.3, -0.25) is 0 Å². The van der Waals surface area contributed by atoms with Gasteiger partial charge in [-0.05, 0) is 132 Å². The minimum Gasteiger partial charge on any atom is -0.313 e. The predicted octanol–water partition coefficient (Wildman–Crippen LogP) is 13.5. The molecule has 0 amide bonds. The van der Waals surface area contributed by atoms with Gasteiger partial charge in [0.2, 0.25) is 0 Å². The summed E-state index contributed by atoms with van der Waals surface area (Å²) in [4.78, 5) is 2.52. The highest BCUT2D eigenvalue weighted by molar-refractivity contribution is 5.97. The van der Waals surface area contributed by atoms with Gasteiger partial charge in [-0.2, -0.15) is 0 Å². The van der Waals surface area contributed by atoms with Crippen molar-refractivity contribution in [2.75, 3.05) is 4.90 Å². The molecule has 0 fully saturated rings. The maximum Gasteiger partial charge on any atom is 0.0710 e. The Morgan fingerprint density at radius 1 is 0.527 bits per heavy atom. The molecule has 1 heterocycles. The van der Waals surface area contributed by atoms with Gasteiger partial charge in [0.15, 0.2) is 0 Å². The molecule has 0 spiro atoms. The van der Waals surface area contributed by atoms with Crippen LogP contribution in [0.25, 0.3) is 34.3 Å². The van der Waals surface area contributed by atoms with Crippen LogP contribution in [0.15, 0.2) is 175 Å². The lowest BCUT2D eigenvalue weighted by Crippen LogP contribution is -2.29. The number of aromatic nitrogens is 1. The molecule has 2 heteroatoms. The van der Waals surface area contributed by atoms with Crippen LogP contribution in [0.3, 0.4) is 0 Å². The van der Waals surface area contributed by atoms with Crippen molar-refractivity contribution in [3.63, 3.8) is 0 Å². The number of nitrogens with zero attached hydrogens (tertiary/aromatic N) is 2. The molecule has 4 aliphatic carbocycles. The summed E-state index contributed by atoms with van der Waals surface area (Å²) in [5.74, 6) is 0. The van der Waals surface area contributed by atoms with Gasteiger partial charge in [0.1, 0.15) is 0 Å². The Bertz CT molecular complexity index is 2700. The van der Waals surface area contributed by atoms with E-state index in [1.807, 2.05) is 0 Å². The molecule has 1 aromatic heterocycles. The van der Waals surface area contributed by atoms with Crippen LogP contribution in [0.1, 0.15) is 70.3 Å². The fourth-order valence-corrected chi connectivity index (χ4v) is 10.1. The molecule has 0 saturated carbocycles. The Hall–Kier alpha value is -6.38. The van der Waals surface area contributed by atoms with Gasteiger partial charge in [0, 0.05) is 39.4 Å². The van der Waals surface area contributed by atoms with Gasteiger partial charge in [-0.25, -0.2) is 0 Å². The molecule has 0 bridgehead atoms. The number of hydrogen-bond acceptors (Lipinski definition) is 1. The van der Waals surface area contributed by atoms with E-state index in [4.69, 9.17) is 0 Å². The topological polar surface area (TPSA) is 8.17 Å². The third-order valence-corrected chi connectivity index (χ3v) is 12.4. The van der Waals surface area contributed by atoms with Crippen LogP contribution in [-0.2, 0) is 18.3 Å². The zero-order chi connectivity index (χ0) is 36.3. The van der Waals surface area contributed by atoms with Crippen LogP contribution in [0.4, 0.5) is 17.1 Å². The van der Waals surface area contributed by atoms with Crippen molar-refractivity contribution in [1.82, 2.24) is 4.57 Å². The Labute approximate surface area is 323 Å². The van der Waals surface area contributed by atoms with E-state index in [0.717, 1.165) is 44.2 Å². The molecule has 7 aromatic rings. The van der Waals surface area contributed by atoms with Crippen molar-refractivity contribution in [3.8, 4) is 5.69 Å². The molecule has 55 heavy (non-hydrogen) atoms. The summed E-state index contributed by atoms with van der Waals surface area (Å²) >= 11 is 0. The van der Waals surface area contributed by atoms with Crippen LogP contribution >= 0.6 is 0 Å². The number of fused-ring (bicyclic) bond motifs is 6. The van der Waals surface area contributed by atoms with E-state index in [-0.39, 0.29) is 0 Å². The highest BCUT2D eigenvalue weighted by Gasteiger charge is 2.47. The van der Waals surface area contributed by atoms with Crippen molar-refractivity contribution in [2.45, 2.75) is 43.9 Å². The van der Waals surface area contributed by atoms with Crippen LogP contribution < -0.4 is 4.90 Å². The zero-order valence-corrected chi connectivity index (χ0v) is 31.0. The van der Waals surface area contributed by atoms with E-state index >= 15 is 0 Å². The number of para-hydroxylation sites is 1. The lowest BCUT2D eigenvalue weighted by atomic mass is 9.66. The minimum atomic E-state index is -0.427. The summed E-state index contributed by atoms with van der Waals surface area (Å²) in [5, 5.41) is 1.30. The maximum absolute atomic E-state index is 2.52. The highest BCUT2D eigenvalue weighted by Crippen LogP contribution is 2.58. The molecule has 0 aliphatic heterocycles. The SMILES string of the molecule is C1=CC2=C(CC1)c1ccc(N(c3ccc4c(c3)CCC=C4)c3ccc4c5c(n(-c6ccccc6)c4c3)CCC=C5)cc1C2(c1ccccc1)c1ccccc1. The first-order valence-electron chi connectivity index (χ1n) is 19.9. The molecule has 0 atom stereocenters. The number of aryl methyl sites for hydroxylation is 1. The second-order valence-electron chi connectivity index (χ2n) is 15.4. The molecule has 0 radical (unpaired) electrons. The van der Waals surface area contributed by atoms with Crippen molar-refractivity contribution < 1.29 is 0 Å². The van der Waals surface area contributed by atoms with E-state index in [9.17, 15) is 0 Å². The Balaban J connectivity index is 1.18. The first-order chi connectivity index (χ1) is 27.3. The molecular formula is C53H42N2. The van der Waals surface area contributed by atoms with Crippen LogP contribution in [-0.4, -0.2) is 4.57 Å². The molecule has 11 rings (SSSR count). The van der Waals surface area contributed by atoms with Crippen LogP contribution in [0, 0.1) is 0 Å². The third kappa shape index (κ3) is 4.94. The third-order valence-electron chi connectivity index (χ3n) is 12.4. The quantitative estimate of drug-likeness (QED) is 0.167. The first-order valence-corrected chi connectivity index (χ1v) is 19.9. The molecule has 0 N–H and O–H groups in total. The molecule has 264 valence electrons. The van der Waals surface area contributed by atoms with Gasteiger partial charge in [0.25, 0.3) is 0 Å². The van der Waals surface area contributed by atoms with Gasteiger partial charge >= 0.3 is 0 Å². The lowest BCUT2D eigenvalue weighted by Gasteiger charge is -2.36. The van der Waals surface area contributed by atoms with E-state index in [0.29, 0.717) is 0 Å². The average molecular weight is 707 g/mol. The van der Waals surface area contributed by atoms with E-state index in [1.54, 1.807) is 0 Å². The van der Waals surface area contributed by atoms with E-state index < -0.39 is 5.41 Å². The highest BCUT2D eigenvalue weighted by atomic mass is 15.1. The van der Waals surface area contributed by atoms with Gasteiger partial charge < -0.3 is 9.47 Å². The second kappa shape index (κ2) is 12.9. The fraction of sp³-hybridized carbons (Fsp3) is 0.132. The summed E-state index contributed by atoms with van der Waals surface area (Å²) < 4.78 is 2.51. The molecule has 2 nitrogen and oxygen atoms in total. The summed E-state index contributed by atoms with van der Waals surface area (Å²) in [5.41, 5.74) is 19.3. The Morgan fingerprint density at radius 3 is 1.96 bits per heavy atom. The monoisotopic (exact) mass is 706 g/mol. The molecule has 0 saturated heterocycles. The molecular weight excluding hydrogens is 665 g/mol. The van der Waals surface area contributed by atoms with Crippen molar-refractivity contribution >= 4 is 45.7 Å². The minimum absolute atomic E-state index is 0.427. The predicted molar refractivity (Wildman–Crippen MR) is 231 cm³/mol. The normalized spacial score (nSPS) is 16.1. The Kier molecular flexibility index (Phi) is 7.52. The summed E-state index contributed by atoms with van der Waals surface area (Å²) in [6.45, 7) is 0. The standard InChI is InChI=1S/C53H42N2/c1-4-18-39(19-5-1)53(40-20-6-2-7-21-40)49-26-14-12-24-45(49)46-32-30-43(35-50(46)53)54(42-29-28-37-16-10-11-17-38(37)34-42)44-31-33-48-47-25-13-15-27-51(47)55(52(48)36-44)41-22-8-3-9-23-41/h1-10,13-14,16,18-23,25-26,28-36H,11-12,15,17,24,27H2. The number of anilines is 3. The largest absolute Gasteiger partial charge is 0.313 e. The van der Waals surface area contributed by atoms with Crippen molar-refractivity contribution in [3.05, 3.63) is 220 Å². The average Bonchev–Trinajstić information content (AvgIpc) is 3.75. The number of benzene rings is 6. The van der Waals surface area contributed by atoms with Crippen molar-refractivity contribution in [2.24, 2.45) is 0 Å². The smallest absolute Gasteiger partial charge is 0.0710 e. The van der Waals surface area contributed by atoms with Crippen LogP contribution in [0.2, 0.25) is 0 Å². The second-order valence-corrected chi connectivity index (χ2v) is 15.4. The van der Waals surface area contributed by atoms with Crippen LogP contribution in [0.5, 0.6) is 0 Å². The van der Waals surface area contributed by atoms with Crippen molar-refractivity contribution in [1.29, 1.82) is 0 Å². The maximum atomic E-state index is 2.52. The number of hydrogen-bond donors (Lipinski definition) is 0. The van der Waals surface area contributed by atoms with E-state index in [2.05, 4.69) is 192 Å². The summed E-state index contributed by atoms with van der Waals surface area (Å²) in [6, 6.07) is 54.9. The fourth-order valence-electron chi connectivity index (χ4n) is 10.1. The van der Waals surface area contributed by atoms with Gasteiger partial charge in [-0.1, -0.05) is 134 Å². The first kappa shape index (κ1) is 32.1. The summed E-state index contributed by atoms with van der Waals surface area (Å²) in [6.07, 6.45) is 20.4. The molecule has 6 aromatic carbocycles. The summed E-state index contributed by atoms with van der Waals surface area (Å²) in [7, 11) is 0. The van der Waals surface area contributed by atoms with Gasteiger partial charge in [-0.15, -0.1) is 0 Å². The lowest BCUT2D eigenvalue weighted by molar-refractivity contribution is 0.756. The number of allylic oxidation sites excluding steroid dienone is 6. The van der Waals surface area contributed by atoms with Gasteiger partial charge in [0.05, 0.1) is 10.9 Å². The number of rotatable bonds is 6.